The molecule has 0 fully saturated rings. The van der Waals surface area contributed by atoms with Crippen molar-refractivity contribution >= 4 is 0 Å². The number of hydrogen-bond donors (Lipinski definition) is 1. The van der Waals surface area contributed by atoms with Gasteiger partial charge in [-0.25, -0.2) is 4.39 Å². The van der Waals surface area contributed by atoms with Crippen LogP contribution in [0.5, 0.6) is 5.75 Å². The summed E-state index contributed by atoms with van der Waals surface area (Å²) >= 11 is 0. The van der Waals surface area contributed by atoms with Gasteiger partial charge in [0.1, 0.15) is 11.6 Å². The summed E-state index contributed by atoms with van der Waals surface area (Å²) in [6.07, 6.45) is 0. The minimum absolute atomic E-state index is 0.290. The zero-order valence-corrected chi connectivity index (χ0v) is 10.7. The summed E-state index contributed by atoms with van der Waals surface area (Å²) < 4.78 is 20.3. The van der Waals surface area contributed by atoms with E-state index in [1.54, 1.807) is 17.9 Å². The molecule has 1 N–H and O–H groups in total. The van der Waals surface area contributed by atoms with Crippen LogP contribution in [0.3, 0.4) is 0 Å². The van der Waals surface area contributed by atoms with Crippen LogP contribution in [-0.4, -0.2) is 23.9 Å². The Balaban J connectivity index is 2.50. The smallest absolute Gasteiger partial charge is 0.128 e. The Hall–Kier alpha value is -1.88. The van der Waals surface area contributed by atoms with Crippen molar-refractivity contribution in [3.63, 3.8) is 0 Å². The minimum Gasteiger partial charge on any atom is -0.496 e. The molecule has 0 aliphatic heterocycles. The summed E-state index contributed by atoms with van der Waals surface area (Å²) in [5.41, 5.74) is 2.44. The molecule has 0 bridgehead atoms. The molecule has 5 heteroatoms. The van der Waals surface area contributed by atoms with Crippen LogP contribution in [0.25, 0.3) is 11.3 Å². The average Bonchev–Trinajstić information content (AvgIpc) is 2.70. The number of aryl methyl sites for hydroxylation is 1. The molecule has 2 aromatic rings. The Morgan fingerprint density at radius 3 is 2.83 bits per heavy atom. The highest BCUT2D eigenvalue weighted by molar-refractivity contribution is 5.67. The van der Waals surface area contributed by atoms with Crippen LogP contribution in [0, 0.1) is 5.82 Å². The van der Waals surface area contributed by atoms with Crippen LogP contribution in [0.2, 0.25) is 0 Å². The van der Waals surface area contributed by atoms with Crippen molar-refractivity contribution in [3.05, 3.63) is 35.8 Å². The Labute approximate surface area is 105 Å². The van der Waals surface area contributed by atoms with E-state index in [1.807, 2.05) is 20.2 Å². The van der Waals surface area contributed by atoms with Gasteiger partial charge in [-0.1, -0.05) is 0 Å². The van der Waals surface area contributed by atoms with E-state index in [0.717, 1.165) is 11.4 Å². The monoisotopic (exact) mass is 249 g/mol. The molecule has 1 aromatic heterocycles. The highest BCUT2D eigenvalue weighted by Crippen LogP contribution is 2.30. The van der Waals surface area contributed by atoms with E-state index in [-0.39, 0.29) is 5.82 Å². The van der Waals surface area contributed by atoms with Crippen LogP contribution in [0.15, 0.2) is 24.3 Å². The molecule has 18 heavy (non-hydrogen) atoms. The maximum absolute atomic E-state index is 13.4. The first kappa shape index (κ1) is 12.6. The lowest BCUT2D eigenvalue weighted by Gasteiger charge is -2.08. The number of methoxy groups -OCH3 is 1. The topological polar surface area (TPSA) is 39.1 Å². The predicted octanol–water partition coefficient (Wildman–Crippen LogP) is 1.95. The maximum Gasteiger partial charge on any atom is 0.128 e. The summed E-state index contributed by atoms with van der Waals surface area (Å²) in [5, 5.41) is 7.39. The van der Waals surface area contributed by atoms with Crippen LogP contribution < -0.4 is 10.1 Å². The Bertz CT molecular complexity index is 551. The van der Waals surface area contributed by atoms with Gasteiger partial charge >= 0.3 is 0 Å². The van der Waals surface area contributed by atoms with Crippen LogP contribution in [0.1, 0.15) is 5.69 Å². The van der Waals surface area contributed by atoms with E-state index < -0.39 is 0 Å². The predicted molar refractivity (Wildman–Crippen MR) is 67.9 cm³/mol. The van der Waals surface area contributed by atoms with Crippen molar-refractivity contribution in [2.45, 2.75) is 6.54 Å². The second-order valence-corrected chi connectivity index (χ2v) is 4.02. The zero-order valence-electron chi connectivity index (χ0n) is 10.7. The number of halogens is 1. The zero-order chi connectivity index (χ0) is 13.1. The normalized spacial score (nSPS) is 10.7. The van der Waals surface area contributed by atoms with Crippen molar-refractivity contribution in [2.75, 3.05) is 14.2 Å². The third-order valence-corrected chi connectivity index (χ3v) is 2.73. The fourth-order valence-electron chi connectivity index (χ4n) is 1.93. The van der Waals surface area contributed by atoms with Crippen LogP contribution >= 0.6 is 0 Å². The van der Waals surface area contributed by atoms with Crippen LogP contribution in [-0.2, 0) is 13.6 Å². The van der Waals surface area contributed by atoms with Gasteiger partial charge < -0.3 is 10.1 Å². The van der Waals surface area contributed by atoms with Crippen molar-refractivity contribution in [1.29, 1.82) is 0 Å². The lowest BCUT2D eigenvalue weighted by molar-refractivity contribution is 0.415. The quantitative estimate of drug-likeness (QED) is 0.900. The SMILES string of the molecule is CNCc1cc(-c2cc(F)ccc2OC)n(C)n1. The molecule has 2 rings (SSSR count). The van der Waals surface area contributed by atoms with Crippen LogP contribution in [0.4, 0.5) is 4.39 Å². The van der Waals surface area contributed by atoms with Crippen molar-refractivity contribution in [2.24, 2.45) is 7.05 Å². The Morgan fingerprint density at radius 1 is 1.39 bits per heavy atom. The molecule has 1 heterocycles. The fraction of sp³-hybridized carbons (Fsp3) is 0.308. The van der Waals surface area contributed by atoms with Crippen molar-refractivity contribution < 1.29 is 9.13 Å². The van der Waals surface area contributed by atoms with E-state index in [4.69, 9.17) is 4.74 Å². The van der Waals surface area contributed by atoms with Gasteiger partial charge in [0.05, 0.1) is 18.5 Å². The molecule has 1 aromatic carbocycles. The average molecular weight is 249 g/mol. The molecule has 0 unspecified atom stereocenters. The molecule has 4 nitrogen and oxygen atoms in total. The van der Waals surface area contributed by atoms with Gasteiger partial charge in [-0.05, 0) is 31.3 Å². The van der Waals surface area contributed by atoms with Gasteiger partial charge in [0, 0.05) is 19.2 Å². The number of hydrogen-bond acceptors (Lipinski definition) is 3. The third kappa shape index (κ3) is 2.36. The van der Waals surface area contributed by atoms with E-state index in [2.05, 4.69) is 10.4 Å². The molecule has 0 aliphatic rings. The second kappa shape index (κ2) is 5.18. The summed E-state index contributed by atoms with van der Waals surface area (Å²) in [6.45, 7) is 0.672. The maximum atomic E-state index is 13.4. The fourth-order valence-corrected chi connectivity index (χ4v) is 1.93. The first-order valence-electron chi connectivity index (χ1n) is 5.67. The molecule has 0 amide bonds. The van der Waals surface area contributed by atoms with Gasteiger partial charge in [0.15, 0.2) is 0 Å². The lowest BCUT2D eigenvalue weighted by Crippen LogP contribution is -2.05. The summed E-state index contributed by atoms with van der Waals surface area (Å²) in [4.78, 5) is 0. The Morgan fingerprint density at radius 2 is 2.17 bits per heavy atom. The molecule has 0 aliphatic carbocycles. The second-order valence-electron chi connectivity index (χ2n) is 4.02. The van der Waals surface area contributed by atoms with Gasteiger partial charge in [0.25, 0.3) is 0 Å². The highest BCUT2D eigenvalue weighted by atomic mass is 19.1. The van der Waals surface area contributed by atoms with E-state index in [9.17, 15) is 4.39 Å². The number of rotatable bonds is 4. The standard InChI is InChI=1S/C13H16FN3O/c1-15-8-10-7-12(17(2)16-10)11-6-9(14)4-5-13(11)18-3/h4-7,15H,8H2,1-3H3. The van der Waals surface area contributed by atoms with Crippen molar-refractivity contribution in [3.8, 4) is 17.0 Å². The molecule has 96 valence electrons. The number of ether oxygens (including phenoxy) is 1. The number of aromatic nitrogens is 2. The highest BCUT2D eigenvalue weighted by Gasteiger charge is 2.12. The van der Waals surface area contributed by atoms with Gasteiger partial charge in [0.2, 0.25) is 0 Å². The van der Waals surface area contributed by atoms with E-state index in [1.165, 1.54) is 12.1 Å². The first-order valence-corrected chi connectivity index (χ1v) is 5.67. The Kier molecular flexibility index (Phi) is 3.62. The van der Waals surface area contributed by atoms with E-state index >= 15 is 0 Å². The molecular formula is C13H16FN3O. The summed E-state index contributed by atoms with van der Waals surface area (Å²) in [6, 6.07) is 6.38. The number of benzene rings is 1. The molecule has 0 atom stereocenters. The van der Waals surface area contributed by atoms with Gasteiger partial charge in [-0.15, -0.1) is 0 Å². The van der Waals surface area contributed by atoms with Gasteiger partial charge in [-0.2, -0.15) is 5.10 Å². The molecule has 0 spiro atoms. The van der Waals surface area contributed by atoms with Gasteiger partial charge in [-0.3, -0.25) is 4.68 Å². The number of nitrogens with one attached hydrogen (secondary N) is 1. The molecule has 0 saturated heterocycles. The number of nitrogens with zero attached hydrogens (tertiary/aromatic N) is 2. The third-order valence-electron chi connectivity index (χ3n) is 2.73. The summed E-state index contributed by atoms with van der Waals surface area (Å²) in [7, 11) is 5.26. The molecule has 0 saturated carbocycles. The van der Waals surface area contributed by atoms with Crippen molar-refractivity contribution in [1.82, 2.24) is 15.1 Å². The largest absolute Gasteiger partial charge is 0.496 e. The van der Waals surface area contributed by atoms with E-state index in [0.29, 0.717) is 17.9 Å². The lowest BCUT2D eigenvalue weighted by atomic mass is 10.1. The first-order chi connectivity index (χ1) is 8.65. The summed E-state index contributed by atoms with van der Waals surface area (Å²) in [5.74, 6) is 0.345. The minimum atomic E-state index is -0.290. The molecular weight excluding hydrogens is 233 g/mol. The molecule has 0 radical (unpaired) electrons.